The largest absolute Gasteiger partial charge is 0.453 e. The zero-order chi connectivity index (χ0) is 36.3. The second-order valence-electron chi connectivity index (χ2n) is 13.4. The van der Waals surface area contributed by atoms with Crippen LogP contribution in [0.3, 0.4) is 0 Å². The summed E-state index contributed by atoms with van der Waals surface area (Å²) in [5.41, 5.74) is 0.146. The predicted molar refractivity (Wildman–Crippen MR) is 180 cm³/mol. The molecule has 51 heavy (non-hydrogen) atoms. The monoisotopic (exact) mass is 714 g/mol. The van der Waals surface area contributed by atoms with Gasteiger partial charge in [-0.2, -0.15) is 13.2 Å². The smallest absolute Gasteiger partial charge is 0.417 e. The zero-order valence-corrected chi connectivity index (χ0v) is 28.7. The van der Waals surface area contributed by atoms with E-state index in [1.54, 1.807) is 21.7 Å². The Bertz CT molecular complexity index is 1790. The molecule has 3 aliphatic rings. The minimum absolute atomic E-state index is 0.0139. The summed E-state index contributed by atoms with van der Waals surface area (Å²) in [6.07, 6.45) is 0.987. The summed E-state index contributed by atoms with van der Waals surface area (Å²) in [6.45, 7) is 5.98. The first-order chi connectivity index (χ1) is 24.3. The number of nitrogens with zero attached hydrogens (tertiary/aromatic N) is 8. The first-order valence-electron chi connectivity index (χ1n) is 16.6. The average molecular weight is 715 g/mol. The Balaban J connectivity index is 1.16. The highest BCUT2D eigenvalue weighted by Crippen LogP contribution is 2.42. The molecule has 1 spiro atoms. The van der Waals surface area contributed by atoms with Crippen LogP contribution in [0, 0.1) is 5.41 Å². The fourth-order valence-electron chi connectivity index (χ4n) is 6.32. The molecule has 15 nitrogen and oxygen atoms in total. The molecule has 0 aliphatic carbocycles. The van der Waals surface area contributed by atoms with Crippen molar-refractivity contribution in [3.05, 3.63) is 47.8 Å². The fourth-order valence-corrected chi connectivity index (χ4v) is 6.32. The Hall–Kier alpha value is -4.81. The normalized spacial score (nSPS) is 17.5. The molecule has 274 valence electrons. The molecular weight excluding hydrogens is 673 g/mol. The van der Waals surface area contributed by atoms with Gasteiger partial charge in [0.05, 0.1) is 43.4 Å². The minimum atomic E-state index is -4.80. The SMILES string of the molecule is COC(=O)Nc1cc(C(F)(F)F)c(-c2nc(N3CC4(COC4)C3)c3cc(CN4CCN(C(=O)CNC(=O)/C=C/CCN(C)C)CC4)cn3n2)cn1. The maximum atomic E-state index is 14.3. The number of hydrogen-bond acceptors (Lipinski definition) is 11. The second-order valence-corrected chi connectivity index (χ2v) is 13.4. The van der Waals surface area contributed by atoms with Gasteiger partial charge in [-0.1, -0.05) is 6.08 Å². The third-order valence-corrected chi connectivity index (χ3v) is 9.09. The zero-order valence-electron chi connectivity index (χ0n) is 28.7. The van der Waals surface area contributed by atoms with Crippen LogP contribution in [-0.4, -0.2) is 139 Å². The van der Waals surface area contributed by atoms with E-state index in [1.807, 2.05) is 30.0 Å². The highest BCUT2D eigenvalue weighted by Gasteiger charge is 2.50. The number of amides is 3. The van der Waals surface area contributed by atoms with E-state index >= 15 is 0 Å². The number of pyridine rings is 1. The van der Waals surface area contributed by atoms with E-state index in [2.05, 4.69) is 35.3 Å². The number of ether oxygens (including phenoxy) is 2. The number of carbonyl (C=O) groups is 3. The van der Waals surface area contributed by atoms with Gasteiger partial charge >= 0.3 is 12.3 Å². The number of hydrogen-bond donors (Lipinski definition) is 2. The Kier molecular flexibility index (Phi) is 10.5. The van der Waals surface area contributed by atoms with E-state index in [0.717, 1.165) is 37.9 Å². The molecule has 0 unspecified atom stereocenters. The van der Waals surface area contributed by atoms with Crippen LogP contribution in [0.4, 0.5) is 29.6 Å². The number of piperazine rings is 1. The number of carbonyl (C=O) groups excluding carboxylic acids is 3. The molecular formula is C33H41F3N10O5. The van der Waals surface area contributed by atoms with Crippen molar-refractivity contribution in [3.8, 4) is 11.4 Å². The first-order valence-corrected chi connectivity index (χ1v) is 16.6. The third kappa shape index (κ3) is 8.40. The molecule has 6 rings (SSSR count). The lowest BCUT2D eigenvalue weighted by atomic mass is 9.78. The third-order valence-electron chi connectivity index (χ3n) is 9.09. The van der Waals surface area contributed by atoms with Crippen LogP contribution in [0.15, 0.2) is 36.7 Å². The van der Waals surface area contributed by atoms with E-state index in [9.17, 15) is 27.6 Å². The molecule has 0 radical (unpaired) electrons. The summed E-state index contributed by atoms with van der Waals surface area (Å²) in [5.74, 6) is -0.457. The first kappa shape index (κ1) is 36.0. The maximum Gasteiger partial charge on any atom is 0.417 e. The van der Waals surface area contributed by atoms with Crippen LogP contribution in [0.2, 0.25) is 0 Å². The number of anilines is 2. The summed E-state index contributed by atoms with van der Waals surface area (Å²) in [7, 11) is 5.00. The highest BCUT2D eigenvalue weighted by atomic mass is 19.4. The van der Waals surface area contributed by atoms with Crippen molar-refractivity contribution in [1.82, 2.24) is 39.6 Å². The number of aromatic nitrogens is 4. The molecule has 2 N–H and O–H groups in total. The lowest BCUT2D eigenvalue weighted by Crippen LogP contribution is -2.66. The average Bonchev–Trinajstić information content (AvgIpc) is 3.46. The van der Waals surface area contributed by atoms with Gasteiger partial charge in [-0.05, 0) is 44.3 Å². The summed E-state index contributed by atoms with van der Waals surface area (Å²) < 4.78 is 54.4. The Morgan fingerprint density at radius 1 is 1.12 bits per heavy atom. The van der Waals surface area contributed by atoms with Gasteiger partial charge in [0.25, 0.3) is 0 Å². The number of methoxy groups -OCH3 is 1. The van der Waals surface area contributed by atoms with Crippen molar-refractivity contribution in [2.75, 3.05) is 97.0 Å². The number of fused-ring (bicyclic) bond motifs is 1. The maximum absolute atomic E-state index is 14.3. The predicted octanol–water partition coefficient (Wildman–Crippen LogP) is 2.09. The Labute approximate surface area is 292 Å². The lowest BCUT2D eigenvalue weighted by Gasteiger charge is -2.55. The molecule has 3 aromatic heterocycles. The molecule has 0 bridgehead atoms. The van der Waals surface area contributed by atoms with Crippen molar-refractivity contribution < 1.29 is 37.0 Å². The fraction of sp³-hybridized carbons (Fsp3) is 0.515. The summed E-state index contributed by atoms with van der Waals surface area (Å²) in [4.78, 5) is 53.1. The van der Waals surface area contributed by atoms with Crippen LogP contribution in [0.25, 0.3) is 16.9 Å². The van der Waals surface area contributed by atoms with Crippen LogP contribution >= 0.6 is 0 Å². The van der Waals surface area contributed by atoms with E-state index in [0.29, 0.717) is 70.4 Å². The molecule has 3 aliphatic heterocycles. The van der Waals surface area contributed by atoms with E-state index in [-0.39, 0.29) is 41.0 Å². The van der Waals surface area contributed by atoms with Gasteiger partial charge in [-0.25, -0.2) is 19.3 Å². The molecule has 18 heteroatoms. The van der Waals surface area contributed by atoms with E-state index in [1.165, 1.54) is 6.08 Å². The molecule has 0 aromatic carbocycles. The molecule has 3 amide bonds. The van der Waals surface area contributed by atoms with Gasteiger partial charge in [-0.15, -0.1) is 5.10 Å². The summed E-state index contributed by atoms with van der Waals surface area (Å²) in [5, 5.41) is 9.32. The van der Waals surface area contributed by atoms with E-state index in [4.69, 9.17) is 4.74 Å². The van der Waals surface area contributed by atoms with Crippen molar-refractivity contribution >= 4 is 35.1 Å². The van der Waals surface area contributed by atoms with Crippen molar-refractivity contribution in [1.29, 1.82) is 0 Å². The van der Waals surface area contributed by atoms with Crippen LogP contribution < -0.4 is 15.5 Å². The Morgan fingerprint density at radius 2 is 1.86 bits per heavy atom. The van der Waals surface area contributed by atoms with Crippen LogP contribution in [-0.2, 0) is 31.8 Å². The Morgan fingerprint density at radius 3 is 2.51 bits per heavy atom. The van der Waals surface area contributed by atoms with Gasteiger partial charge in [-0.3, -0.25) is 19.8 Å². The van der Waals surface area contributed by atoms with Gasteiger partial charge in [0.15, 0.2) is 11.6 Å². The number of nitrogens with one attached hydrogen (secondary N) is 2. The molecule has 6 heterocycles. The standard InChI is InChI=1S/C33H41F3N10O5/c1-42(2)7-5-4-6-27(47)38-15-28(48)44-10-8-43(9-11-44)16-22-12-25-30(45-18-32(19-45)20-51-21-32)40-29(41-46(25)17-22)23-14-37-26(39-31(49)50-3)13-24(23)33(34,35)36/h4,6,12-14,17H,5,7-11,15-16,18-21H2,1-3H3,(H,38,47)(H,37,39,49)/b6-4+. The van der Waals surface area contributed by atoms with Gasteiger partial charge in [0.2, 0.25) is 11.8 Å². The molecule has 3 fully saturated rings. The molecule has 0 saturated carbocycles. The van der Waals surface area contributed by atoms with Crippen LogP contribution in [0.1, 0.15) is 17.5 Å². The van der Waals surface area contributed by atoms with Crippen LogP contribution in [0.5, 0.6) is 0 Å². The summed E-state index contributed by atoms with van der Waals surface area (Å²) in [6, 6.07) is 2.67. The van der Waals surface area contributed by atoms with Crippen molar-refractivity contribution in [3.63, 3.8) is 0 Å². The molecule has 3 aromatic rings. The summed E-state index contributed by atoms with van der Waals surface area (Å²) >= 11 is 0. The van der Waals surface area contributed by atoms with Gasteiger partial charge in [0.1, 0.15) is 11.3 Å². The molecule has 0 atom stereocenters. The number of alkyl halides is 3. The van der Waals surface area contributed by atoms with Gasteiger partial charge in [0, 0.05) is 64.8 Å². The highest BCUT2D eigenvalue weighted by molar-refractivity contribution is 5.91. The quantitative estimate of drug-likeness (QED) is 0.281. The minimum Gasteiger partial charge on any atom is -0.453 e. The molecule has 3 saturated heterocycles. The number of halogens is 3. The van der Waals surface area contributed by atoms with Gasteiger partial charge < -0.3 is 29.5 Å². The van der Waals surface area contributed by atoms with E-state index < -0.39 is 17.8 Å². The second kappa shape index (κ2) is 14.8. The topological polar surface area (TPSA) is 150 Å². The lowest BCUT2D eigenvalue weighted by molar-refractivity contribution is -0.137. The van der Waals surface area contributed by atoms with Crippen molar-refractivity contribution in [2.24, 2.45) is 5.41 Å². The van der Waals surface area contributed by atoms with Crippen molar-refractivity contribution in [2.45, 2.75) is 19.1 Å². The number of rotatable bonds is 11.